The lowest BCUT2D eigenvalue weighted by Crippen LogP contribution is -2.49. The topological polar surface area (TPSA) is 53.1 Å². The van der Waals surface area contributed by atoms with Gasteiger partial charge in [0.1, 0.15) is 5.75 Å². The van der Waals surface area contributed by atoms with Crippen molar-refractivity contribution in [2.75, 3.05) is 42.6 Å². The third-order valence-electron chi connectivity index (χ3n) is 6.60. The average molecular weight is 456 g/mol. The van der Waals surface area contributed by atoms with Crippen molar-refractivity contribution >= 4 is 23.2 Å². The van der Waals surface area contributed by atoms with Crippen LogP contribution >= 0.6 is 0 Å². The van der Waals surface area contributed by atoms with Crippen LogP contribution in [0.25, 0.3) is 0 Å². The van der Waals surface area contributed by atoms with Gasteiger partial charge in [0.15, 0.2) is 6.61 Å². The van der Waals surface area contributed by atoms with Crippen LogP contribution in [0.15, 0.2) is 66.7 Å². The summed E-state index contributed by atoms with van der Waals surface area (Å²) >= 11 is 0. The van der Waals surface area contributed by atoms with E-state index in [1.54, 1.807) is 4.90 Å². The van der Waals surface area contributed by atoms with Crippen LogP contribution in [0.3, 0.4) is 0 Å². The maximum atomic E-state index is 13.3. The Bertz CT molecular complexity index is 1230. The Labute approximate surface area is 200 Å². The molecule has 3 aromatic rings. The first-order valence-electron chi connectivity index (χ1n) is 11.7. The van der Waals surface area contributed by atoms with Gasteiger partial charge in [-0.1, -0.05) is 36.4 Å². The zero-order chi connectivity index (χ0) is 23.7. The summed E-state index contributed by atoms with van der Waals surface area (Å²) in [6.07, 6.45) is 0. The summed E-state index contributed by atoms with van der Waals surface area (Å²) in [4.78, 5) is 31.9. The quantitative estimate of drug-likeness (QED) is 0.592. The Balaban J connectivity index is 1.28. The van der Waals surface area contributed by atoms with Crippen LogP contribution in [0.2, 0.25) is 0 Å². The minimum atomic E-state index is -0.0830. The monoisotopic (exact) mass is 455 g/mol. The fourth-order valence-electron chi connectivity index (χ4n) is 4.72. The molecule has 6 nitrogen and oxygen atoms in total. The Kier molecular flexibility index (Phi) is 5.97. The lowest BCUT2D eigenvalue weighted by molar-refractivity contribution is -0.121. The number of carbonyl (C=O) groups excluding carboxylic acids is 2. The van der Waals surface area contributed by atoms with Gasteiger partial charge in [0.05, 0.1) is 12.2 Å². The first kappa shape index (κ1) is 22.0. The summed E-state index contributed by atoms with van der Waals surface area (Å²) in [7, 11) is 0. The molecule has 1 fully saturated rings. The number of hydrogen-bond acceptors (Lipinski definition) is 4. The van der Waals surface area contributed by atoms with E-state index in [1.807, 2.05) is 54.3 Å². The molecule has 0 aromatic heterocycles. The van der Waals surface area contributed by atoms with Crippen molar-refractivity contribution in [3.05, 3.63) is 89.0 Å². The number of benzene rings is 3. The van der Waals surface area contributed by atoms with E-state index in [-0.39, 0.29) is 18.4 Å². The molecular weight excluding hydrogens is 426 g/mol. The van der Waals surface area contributed by atoms with Crippen LogP contribution in [0.4, 0.5) is 11.4 Å². The van der Waals surface area contributed by atoms with Gasteiger partial charge in [-0.05, 0) is 60.9 Å². The van der Waals surface area contributed by atoms with E-state index < -0.39 is 0 Å². The van der Waals surface area contributed by atoms with Gasteiger partial charge in [0.2, 0.25) is 0 Å². The molecule has 0 atom stereocenters. The highest BCUT2D eigenvalue weighted by Crippen LogP contribution is 2.34. The molecule has 0 unspecified atom stereocenters. The van der Waals surface area contributed by atoms with E-state index in [0.717, 1.165) is 35.7 Å². The molecule has 2 aliphatic rings. The van der Waals surface area contributed by atoms with Crippen molar-refractivity contribution in [1.82, 2.24) is 4.90 Å². The molecule has 0 aliphatic carbocycles. The standard InChI is InChI=1S/C28H29N3O3/c1-20-10-11-25-26(16-20)34-19-27(32)31(25)18-22-7-5-8-23(17-22)28(33)30-14-12-29(13-15-30)24-9-4-3-6-21(24)2/h3-11,16-17H,12-15,18-19H2,1-2H3. The number of ether oxygens (including phenoxy) is 1. The van der Waals surface area contributed by atoms with Gasteiger partial charge in [0, 0.05) is 37.4 Å². The molecule has 174 valence electrons. The van der Waals surface area contributed by atoms with Crippen molar-refractivity contribution < 1.29 is 14.3 Å². The number of nitrogens with zero attached hydrogens (tertiary/aromatic N) is 3. The van der Waals surface area contributed by atoms with E-state index in [1.165, 1.54) is 11.3 Å². The van der Waals surface area contributed by atoms with Crippen molar-refractivity contribution in [3.63, 3.8) is 0 Å². The molecule has 0 bridgehead atoms. The first-order chi connectivity index (χ1) is 16.5. The second kappa shape index (κ2) is 9.21. The molecule has 0 N–H and O–H groups in total. The van der Waals surface area contributed by atoms with Crippen molar-refractivity contribution in [2.24, 2.45) is 0 Å². The average Bonchev–Trinajstić information content (AvgIpc) is 2.86. The Hall–Kier alpha value is -3.80. The number of fused-ring (bicyclic) bond motifs is 1. The molecule has 34 heavy (non-hydrogen) atoms. The van der Waals surface area contributed by atoms with E-state index in [9.17, 15) is 9.59 Å². The molecule has 0 saturated carbocycles. The predicted octanol–water partition coefficient (Wildman–Crippen LogP) is 4.19. The van der Waals surface area contributed by atoms with Crippen LogP contribution in [0, 0.1) is 13.8 Å². The van der Waals surface area contributed by atoms with Crippen molar-refractivity contribution in [3.8, 4) is 5.75 Å². The number of carbonyl (C=O) groups is 2. The second-order valence-electron chi connectivity index (χ2n) is 9.01. The Morgan fingerprint density at radius 3 is 2.47 bits per heavy atom. The van der Waals surface area contributed by atoms with Crippen LogP contribution in [-0.2, 0) is 11.3 Å². The van der Waals surface area contributed by atoms with E-state index in [0.29, 0.717) is 25.2 Å². The number of piperazine rings is 1. The maximum absolute atomic E-state index is 13.3. The Morgan fingerprint density at radius 2 is 1.68 bits per heavy atom. The molecule has 1 saturated heterocycles. The largest absolute Gasteiger partial charge is 0.482 e. The molecular formula is C28H29N3O3. The molecule has 0 spiro atoms. The van der Waals surface area contributed by atoms with E-state index >= 15 is 0 Å². The minimum Gasteiger partial charge on any atom is -0.482 e. The highest BCUT2D eigenvalue weighted by Gasteiger charge is 2.27. The molecule has 3 aromatic carbocycles. The number of para-hydroxylation sites is 1. The first-order valence-corrected chi connectivity index (χ1v) is 11.7. The number of aryl methyl sites for hydroxylation is 2. The van der Waals surface area contributed by atoms with E-state index in [4.69, 9.17) is 4.74 Å². The number of amides is 2. The van der Waals surface area contributed by atoms with Crippen LogP contribution in [0.5, 0.6) is 5.75 Å². The summed E-state index contributed by atoms with van der Waals surface area (Å²) in [6, 6.07) is 21.8. The fraction of sp³-hybridized carbons (Fsp3) is 0.286. The molecule has 5 rings (SSSR count). The fourth-order valence-corrected chi connectivity index (χ4v) is 4.72. The van der Waals surface area contributed by atoms with E-state index in [2.05, 4.69) is 36.1 Å². The molecule has 2 amide bonds. The second-order valence-corrected chi connectivity index (χ2v) is 9.01. The number of hydrogen-bond donors (Lipinski definition) is 0. The van der Waals surface area contributed by atoms with Gasteiger partial charge in [-0.15, -0.1) is 0 Å². The zero-order valence-corrected chi connectivity index (χ0v) is 19.7. The van der Waals surface area contributed by atoms with Gasteiger partial charge in [-0.25, -0.2) is 0 Å². The Morgan fingerprint density at radius 1 is 0.882 bits per heavy atom. The number of anilines is 2. The maximum Gasteiger partial charge on any atom is 0.265 e. The zero-order valence-electron chi connectivity index (χ0n) is 19.7. The third-order valence-corrected chi connectivity index (χ3v) is 6.60. The van der Waals surface area contributed by atoms with Gasteiger partial charge < -0.3 is 19.4 Å². The third kappa shape index (κ3) is 4.36. The number of rotatable bonds is 4. The highest BCUT2D eigenvalue weighted by molar-refractivity contribution is 5.98. The van der Waals surface area contributed by atoms with Gasteiger partial charge in [-0.3, -0.25) is 9.59 Å². The highest BCUT2D eigenvalue weighted by atomic mass is 16.5. The summed E-state index contributed by atoms with van der Waals surface area (Å²) < 4.78 is 5.62. The predicted molar refractivity (Wildman–Crippen MR) is 134 cm³/mol. The summed E-state index contributed by atoms with van der Waals surface area (Å²) in [5, 5.41) is 0. The lowest BCUT2D eigenvalue weighted by Gasteiger charge is -2.37. The van der Waals surface area contributed by atoms with Crippen molar-refractivity contribution in [2.45, 2.75) is 20.4 Å². The molecule has 2 aliphatic heterocycles. The molecule has 2 heterocycles. The SMILES string of the molecule is Cc1ccc2c(c1)OCC(=O)N2Cc1cccc(C(=O)N2CCN(c3ccccc3C)CC2)c1. The van der Waals surface area contributed by atoms with Crippen LogP contribution < -0.4 is 14.5 Å². The summed E-state index contributed by atoms with van der Waals surface area (Å²) in [5.41, 5.74) is 5.93. The molecule has 6 heteroatoms. The van der Waals surface area contributed by atoms with Crippen LogP contribution in [0.1, 0.15) is 27.0 Å². The van der Waals surface area contributed by atoms with Gasteiger partial charge in [-0.2, -0.15) is 0 Å². The lowest BCUT2D eigenvalue weighted by atomic mass is 10.1. The summed E-state index contributed by atoms with van der Waals surface area (Å²) in [5.74, 6) is 0.675. The van der Waals surface area contributed by atoms with Gasteiger partial charge >= 0.3 is 0 Å². The van der Waals surface area contributed by atoms with Gasteiger partial charge in [0.25, 0.3) is 11.8 Å². The summed E-state index contributed by atoms with van der Waals surface area (Å²) in [6.45, 7) is 7.56. The minimum absolute atomic E-state index is 0.0280. The smallest absolute Gasteiger partial charge is 0.265 e. The van der Waals surface area contributed by atoms with Crippen molar-refractivity contribution in [1.29, 1.82) is 0 Å². The van der Waals surface area contributed by atoms with Crippen LogP contribution in [-0.4, -0.2) is 49.5 Å². The molecule has 0 radical (unpaired) electrons. The normalized spacial score (nSPS) is 15.7.